The Balaban J connectivity index is 3.22. The third-order valence-corrected chi connectivity index (χ3v) is 1.44. The van der Waals surface area contributed by atoms with Crippen LogP contribution in [0.15, 0.2) is 0 Å². The Hall–Kier alpha value is -0.550. The van der Waals surface area contributed by atoms with Gasteiger partial charge in [0.05, 0.1) is 6.54 Å². The lowest BCUT2D eigenvalue weighted by atomic mass is 10.5. The van der Waals surface area contributed by atoms with Gasteiger partial charge in [-0.3, -0.25) is 4.90 Å². The van der Waals surface area contributed by atoms with Gasteiger partial charge in [0.15, 0.2) is 0 Å². The van der Waals surface area contributed by atoms with E-state index in [9.17, 15) is 0 Å². The molecule has 2 nitrogen and oxygen atoms in total. The van der Waals surface area contributed by atoms with E-state index in [1.54, 1.807) is 0 Å². The molecule has 0 amide bonds. The SMILES string of the molecule is C#[N+]CCN(CC)CC. The van der Waals surface area contributed by atoms with Crippen LogP contribution >= 0.6 is 0 Å². The lowest BCUT2D eigenvalue weighted by Crippen LogP contribution is -2.25. The van der Waals surface area contributed by atoms with Crippen LogP contribution in [0.25, 0.3) is 4.85 Å². The summed E-state index contributed by atoms with van der Waals surface area (Å²) in [6, 6.07) is 0. The summed E-state index contributed by atoms with van der Waals surface area (Å²) in [6.07, 6.45) is 0. The van der Waals surface area contributed by atoms with E-state index in [2.05, 4.69) is 23.6 Å². The molecule has 0 spiro atoms. The Morgan fingerprint density at radius 3 is 2.22 bits per heavy atom. The molecule has 0 heterocycles. The minimum Gasteiger partial charge on any atom is -0.297 e. The summed E-state index contributed by atoms with van der Waals surface area (Å²) in [5.41, 5.74) is 0. The second-order valence-corrected chi connectivity index (χ2v) is 1.93. The quantitative estimate of drug-likeness (QED) is 0.552. The number of rotatable bonds is 4. The van der Waals surface area contributed by atoms with Crippen molar-refractivity contribution in [2.75, 3.05) is 26.2 Å². The van der Waals surface area contributed by atoms with Crippen molar-refractivity contribution in [3.63, 3.8) is 0 Å². The van der Waals surface area contributed by atoms with Gasteiger partial charge in [-0.2, -0.15) is 0 Å². The number of nitrogens with zero attached hydrogens (tertiary/aromatic N) is 2. The van der Waals surface area contributed by atoms with Crippen LogP contribution < -0.4 is 0 Å². The third kappa shape index (κ3) is 3.99. The van der Waals surface area contributed by atoms with E-state index in [-0.39, 0.29) is 0 Å². The third-order valence-electron chi connectivity index (χ3n) is 1.44. The molecule has 2 heteroatoms. The van der Waals surface area contributed by atoms with Crippen LogP contribution in [0.2, 0.25) is 0 Å². The van der Waals surface area contributed by atoms with Gasteiger partial charge in [0.2, 0.25) is 0 Å². The molecule has 0 aliphatic carbocycles. The highest BCUT2D eigenvalue weighted by atomic mass is 15.1. The van der Waals surface area contributed by atoms with Crippen molar-refractivity contribution in [2.24, 2.45) is 0 Å². The van der Waals surface area contributed by atoms with Gasteiger partial charge in [-0.05, 0) is 13.1 Å². The summed E-state index contributed by atoms with van der Waals surface area (Å²) >= 11 is 0. The topological polar surface area (TPSA) is 7.60 Å². The summed E-state index contributed by atoms with van der Waals surface area (Å²) < 4.78 is 0. The highest BCUT2D eigenvalue weighted by molar-refractivity contribution is 4.68. The smallest absolute Gasteiger partial charge is 0.275 e. The molecule has 0 saturated heterocycles. The van der Waals surface area contributed by atoms with Gasteiger partial charge in [0, 0.05) is 0 Å². The van der Waals surface area contributed by atoms with Crippen molar-refractivity contribution in [1.29, 1.82) is 0 Å². The summed E-state index contributed by atoms with van der Waals surface area (Å²) in [4.78, 5) is 5.82. The molecule has 0 radical (unpaired) electrons. The van der Waals surface area contributed by atoms with Crippen LogP contribution in [0.1, 0.15) is 13.8 Å². The Labute approximate surface area is 57.3 Å². The molecule has 0 atom stereocenters. The van der Waals surface area contributed by atoms with Crippen molar-refractivity contribution in [3.8, 4) is 6.57 Å². The van der Waals surface area contributed by atoms with Gasteiger partial charge in [0.1, 0.15) is 0 Å². The fraction of sp³-hybridized carbons (Fsp3) is 0.857. The first kappa shape index (κ1) is 8.45. The molecule has 0 aromatic rings. The van der Waals surface area contributed by atoms with Crippen molar-refractivity contribution in [2.45, 2.75) is 13.8 Å². The molecule has 0 unspecified atom stereocenters. The highest BCUT2D eigenvalue weighted by Gasteiger charge is 1.99. The lowest BCUT2D eigenvalue weighted by Gasteiger charge is -2.12. The monoisotopic (exact) mass is 127 g/mol. The lowest BCUT2D eigenvalue weighted by molar-refractivity contribution is 0.318. The van der Waals surface area contributed by atoms with Crippen molar-refractivity contribution >= 4 is 0 Å². The number of hydrogen-bond donors (Lipinski definition) is 0. The van der Waals surface area contributed by atoms with Gasteiger partial charge in [0.25, 0.3) is 13.1 Å². The van der Waals surface area contributed by atoms with Crippen molar-refractivity contribution in [3.05, 3.63) is 4.85 Å². The predicted octanol–water partition coefficient (Wildman–Crippen LogP) is 1.29. The first-order valence-corrected chi connectivity index (χ1v) is 3.44. The Morgan fingerprint density at radius 1 is 1.33 bits per heavy atom. The summed E-state index contributed by atoms with van der Waals surface area (Å²) in [5.74, 6) is 0. The second-order valence-electron chi connectivity index (χ2n) is 1.93. The van der Waals surface area contributed by atoms with E-state index < -0.39 is 0 Å². The van der Waals surface area contributed by atoms with Gasteiger partial charge < -0.3 is 0 Å². The maximum absolute atomic E-state index is 4.98. The maximum atomic E-state index is 4.98. The van der Waals surface area contributed by atoms with Gasteiger partial charge >= 0.3 is 0 Å². The Kier molecular flexibility index (Phi) is 5.24. The van der Waals surface area contributed by atoms with E-state index in [4.69, 9.17) is 6.57 Å². The predicted molar refractivity (Wildman–Crippen MR) is 41.0 cm³/mol. The van der Waals surface area contributed by atoms with Crippen LogP contribution in [-0.4, -0.2) is 31.1 Å². The number of likely N-dealkylation sites (N-methyl/N-ethyl adjacent to an activating group) is 1. The van der Waals surface area contributed by atoms with Gasteiger partial charge in [-0.1, -0.05) is 18.7 Å². The van der Waals surface area contributed by atoms with Crippen LogP contribution in [0.3, 0.4) is 0 Å². The standard InChI is InChI=1S/C7H15N2/c1-4-9(5-2)7-6-8-3/h3H,4-7H2,1-2H3/q+1. The molecule has 0 rings (SSSR count). The summed E-state index contributed by atoms with van der Waals surface area (Å²) in [6.45, 7) is 13.2. The molecule has 0 aliphatic rings. The molecule has 0 N–H and O–H groups in total. The van der Waals surface area contributed by atoms with Crippen LogP contribution in [0, 0.1) is 6.57 Å². The van der Waals surface area contributed by atoms with E-state index in [0.717, 1.165) is 26.2 Å². The molecular formula is C7H15N2+. The molecule has 0 bridgehead atoms. The molecular weight excluding hydrogens is 112 g/mol. The minimum atomic E-state index is 0.752. The number of hydrogen-bond acceptors (Lipinski definition) is 1. The van der Waals surface area contributed by atoms with Crippen LogP contribution in [0.5, 0.6) is 0 Å². The zero-order valence-electron chi connectivity index (χ0n) is 6.30. The molecule has 0 aliphatic heterocycles. The molecule has 9 heavy (non-hydrogen) atoms. The first-order chi connectivity index (χ1) is 4.35. The van der Waals surface area contributed by atoms with Gasteiger partial charge in [-0.25, -0.2) is 0 Å². The fourth-order valence-electron chi connectivity index (χ4n) is 0.739. The largest absolute Gasteiger partial charge is 0.297 e. The summed E-state index contributed by atoms with van der Waals surface area (Å²) in [7, 11) is 0. The molecule has 0 aromatic heterocycles. The van der Waals surface area contributed by atoms with Crippen LogP contribution in [-0.2, 0) is 0 Å². The second kappa shape index (κ2) is 5.58. The van der Waals surface area contributed by atoms with Crippen molar-refractivity contribution < 1.29 is 0 Å². The van der Waals surface area contributed by atoms with Gasteiger partial charge in [-0.15, -0.1) is 0 Å². The minimum absolute atomic E-state index is 0.752. The molecule has 0 aromatic carbocycles. The normalized spacial score (nSPS) is 9.56. The Morgan fingerprint density at radius 2 is 1.89 bits per heavy atom. The summed E-state index contributed by atoms with van der Waals surface area (Å²) in [5, 5.41) is 0. The zero-order valence-corrected chi connectivity index (χ0v) is 6.30. The van der Waals surface area contributed by atoms with Crippen molar-refractivity contribution in [1.82, 2.24) is 4.90 Å². The van der Waals surface area contributed by atoms with E-state index in [1.165, 1.54) is 0 Å². The average Bonchev–Trinajstić information content (AvgIpc) is 1.91. The van der Waals surface area contributed by atoms with Crippen LogP contribution in [0.4, 0.5) is 0 Å². The zero-order chi connectivity index (χ0) is 7.11. The Bertz CT molecular complexity index is 89.6. The van der Waals surface area contributed by atoms with E-state index >= 15 is 0 Å². The molecule has 52 valence electrons. The average molecular weight is 127 g/mol. The molecule has 0 fully saturated rings. The first-order valence-electron chi connectivity index (χ1n) is 3.44. The maximum Gasteiger partial charge on any atom is 0.275 e. The van der Waals surface area contributed by atoms with E-state index in [0.29, 0.717) is 0 Å². The van der Waals surface area contributed by atoms with E-state index in [1.807, 2.05) is 0 Å². The molecule has 0 saturated carbocycles. The highest BCUT2D eigenvalue weighted by Crippen LogP contribution is 1.84. The fourth-order valence-corrected chi connectivity index (χ4v) is 0.739.